The van der Waals surface area contributed by atoms with Gasteiger partial charge >= 0.3 is 0 Å². The summed E-state index contributed by atoms with van der Waals surface area (Å²) in [6, 6.07) is 9.26. The molecular formula is C15H14ClN3O2. The van der Waals surface area contributed by atoms with E-state index in [4.69, 9.17) is 20.8 Å². The molecule has 0 saturated carbocycles. The van der Waals surface area contributed by atoms with E-state index in [-0.39, 0.29) is 0 Å². The van der Waals surface area contributed by atoms with Gasteiger partial charge in [0.2, 0.25) is 5.82 Å². The summed E-state index contributed by atoms with van der Waals surface area (Å²) in [7, 11) is 0. The monoisotopic (exact) mass is 303 g/mol. The van der Waals surface area contributed by atoms with E-state index in [1.807, 2.05) is 44.2 Å². The first-order chi connectivity index (χ1) is 10.2. The molecule has 0 spiro atoms. The molecular weight excluding hydrogens is 290 g/mol. The molecule has 0 atom stereocenters. The lowest BCUT2D eigenvalue weighted by Gasteiger charge is -2.06. The fraction of sp³-hybridized carbons (Fsp3) is 0.200. The minimum atomic E-state index is 0.538. The highest BCUT2D eigenvalue weighted by atomic mass is 35.5. The molecule has 0 radical (unpaired) electrons. The standard InChI is InChI=1S/C15H14ClN3O2/c1-3-20-13-5-4-10(8-11(13)16)12-6-7-14(21-12)15-17-9(2)18-19-15/h4-8H,3H2,1-2H3,(H,17,18,19). The fourth-order valence-electron chi connectivity index (χ4n) is 1.99. The van der Waals surface area contributed by atoms with E-state index in [9.17, 15) is 0 Å². The molecule has 0 aliphatic carbocycles. The second-order valence-corrected chi connectivity index (χ2v) is 4.89. The van der Waals surface area contributed by atoms with E-state index in [1.54, 1.807) is 0 Å². The summed E-state index contributed by atoms with van der Waals surface area (Å²) < 4.78 is 11.2. The molecule has 21 heavy (non-hydrogen) atoms. The van der Waals surface area contributed by atoms with Crippen LogP contribution in [0, 0.1) is 6.92 Å². The van der Waals surface area contributed by atoms with Gasteiger partial charge in [-0.15, -0.1) is 0 Å². The normalized spacial score (nSPS) is 10.8. The summed E-state index contributed by atoms with van der Waals surface area (Å²) in [5, 5.41) is 7.42. The number of nitrogens with zero attached hydrogens (tertiary/aromatic N) is 2. The smallest absolute Gasteiger partial charge is 0.216 e. The Morgan fingerprint density at radius 1 is 1.24 bits per heavy atom. The van der Waals surface area contributed by atoms with Gasteiger partial charge < -0.3 is 9.15 Å². The number of aromatic nitrogens is 3. The highest BCUT2D eigenvalue weighted by Gasteiger charge is 2.12. The average Bonchev–Trinajstić information content (AvgIpc) is 3.10. The van der Waals surface area contributed by atoms with Gasteiger partial charge in [-0.3, -0.25) is 5.10 Å². The number of benzene rings is 1. The maximum atomic E-state index is 6.19. The van der Waals surface area contributed by atoms with Crippen LogP contribution in [0.3, 0.4) is 0 Å². The van der Waals surface area contributed by atoms with Gasteiger partial charge in [0.05, 0.1) is 11.6 Å². The van der Waals surface area contributed by atoms with Crippen LogP contribution in [0.2, 0.25) is 5.02 Å². The number of halogens is 1. The van der Waals surface area contributed by atoms with Crippen molar-refractivity contribution in [2.45, 2.75) is 13.8 Å². The number of hydrogen-bond donors (Lipinski definition) is 1. The van der Waals surface area contributed by atoms with Crippen molar-refractivity contribution in [1.29, 1.82) is 0 Å². The van der Waals surface area contributed by atoms with Crippen molar-refractivity contribution in [2.75, 3.05) is 6.61 Å². The third-order valence-corrected chi connectivity index (χ3v) is 3.24. The second kappa shape index (κ2) is 5.61. The Kier molecular flexibility index (Phi) is 3.66. The first-order valence-corrected chi connectivity index (χ1v) is 6.97. The largest absolute Gasteiger partial charge is 0.492 e. The van der Waals surface area contributed by atoms with E-state index in [0.717, 1.165) is 11.4 Å². The number of aryl methyl sites for hydroxylation is 1. The molecule has 3 aromatic rings. The predicted octanol–water partition coefficient (Wildman–Crippen LogP) is 4.09. The molecule has 3 rings (SSSR count). The van der Waals surface area contributed by atoms with Crippen LogP contribution in [0.4, 0.5) is 0 Å². The Morgan fingerprint density at radius 2 is 2.05 bits per heavy atom. The Morgan fingerprint density at radius 3 is 2.71 bits per heavy atom. The Hall–Kier alpha value is -2.27. The van der Waals surface area contributed by atoms with Gasteiger partial charge in [0, 0.05) is 5.56 Å². The molecule has 6 heteroatoms. The van der Waals surface area contributed by atoms with Gasteiger partial charge in [-0.25, -0.2) is 4.98 Å². The SMILES string of the molecule is CCOc1ccc(-c2ccc(-c3n[nH]c(C)n3)o2)cc1Cl. The number of ether oxygens (including phenoxy) is 1. The Labute approximate surface area is 126 Å². The topological polar surface area (TPSA) is 63.9 Å². The lowest BCUT2D eigenvalue weighted by molar-refractivity contribution is 0.340. The number of furan rings is 1. The van der Waals surface area contributed by atoms with E-state index < -0.39 is 0 Å². The van der Waals surface area contributed by atoms with Crippen molar-refractivity contribution < 1.29 is 9.15 Å². The van der Waals surface area contributed by atoms with Crippen LogP contribution < -0.4 is 4.74 Å². The molecule has 2 heterocycles. The zero-order valence-corrected chi connectivity index (χ0v) is 12.4. The van der Waals surface area contributed by atoms with Crippen molar-refractivity contribution in [3.8, 4) is 28.7 Å². The van der Waals surface area contributed by atoms with E-state index in [1.165, 1.54) is 0 Å². The average molecular weight is 304 g/mol. The second-order valence-electron chi connectivity index (χ2n) is 4.49. The van der Waals surface area contributed by atoms with Gasteiger partial charge in [0.1, 0.15) is 17.3 Å². The van der Waals surface area contributed by atoms with Crippen LogP contribution in [0.1, 0.15) is 12.7 Å². The van der Waals surface area contributed by atoms with Crippen LogP contribution >= 0.6 is 11.6 Å². The molecule has 0 unspecified atom stereocenters. The molecule has 0 aliphatic heterocycles. The minimum Gasteiger partial charge on any atom is -0.492 e. The zero-order chi connectivity index (χ0) is 14.8. The van der Waals surface area contributed by atoms with Gasteiger partial charge in [0.25, 0.3) is 0 Å². The molecule has 5 nitrogen and oxygen atoms in total. The third kappa shape index (κ3) is 2.78. The zero-order valence-electron chi connectivity index (χ0n) is 11.7. The van der Waals surface area contributed by atoms with Crippen LogP contribution in [-0.4, -0.2) is 21.8 Å². The van der Waals surface area contributed by atoms with Crippen molar-refractivity contribution in [3.05, 3.63) is 41.2 Å². The number of aromatic amines is 1. The molecule has 1 N–H and O–H groups in total. The van der Waals surface area contributed by atoms with Crippen LogP contribution in [0.15, 0.2) is 34.7 Å². The lowest BCUT2D eigenvalue weighted by atomic mass is 10.1. The Balaban J connectivity index is 1.91. The summed E-state index contributed by atoms with van der Waals surface area (Å²) in [5.74, 6) is 3.26. The Bertz CT molecular complexity index is 764. The first-order valence-electron chi connectivity index (χ1n) is 6.59. The van der Waals surface area contributed by atoms with Crippen molar-refractivity contribution in [2.24, 2.45) is 0 Å². The van der Waals surface area contributed by atoms with Gasteiger partial charge in [-0.05, 0) is 44.2 Å². The van der Waals surface area contributed by atoms with E-state index in [0.29, 0.717) is 34.7 Å². The highest BCUT2D eigenvalue weighted by Crippen LogP contribution is 2.32. The maximum Gasteiger partial charge on any atom is 0.216 e. The molecule has 0 saturated heterocycles. The number of H-pyrrole nitrogens is 1. The van der Waals surface area contributed by atoms with Gasteiger partial charge in [-0.2, -0.15) is 5.10 Å². The molecule has 0 fully saturated rings. The number of nitrogens with one attached hydrogen (secondary N) is 1. The molecule has 108 valence electrons. The predicted molar refractivity (Wildman–Crippen MR) is 80.4 cm³/mol. The van der Waals surface area contributed by atoms with Crippen molar-refractivity contribution in [1.82, 2.24) is 15.2 Å². The fourth-order valence-corrected chi connectivity index (χ4v) is 2.23. The quantitative estimate of drug-likeness (QED) is 0.788. The van der Waals surface area contributed by atoms with E-state index in [2.05, 4.69) is 15.2 Å². The number of hydrogen-bond acceptors (Lipinski definition) is 4. The summed E-state index contributed by atoms with van der Waals surface area (Å²) in [4.78, 5) is 4.24. The summed E-state index contributed by atoms with van der Waals surface area (Å²) in [6.07, 6.45) is 0. The molecule has 0 bridgehead atoms. The van der Waals surface area contributed by atoms with Crippen molar-refractivity contribution in [3.63, 3.8) is 0 Å². The van der Waals surface area contributed by atoms with Crippen molar-refractivity contribution >= 4 is 11.6 Å². The van der Waals surface area contributed by atoms with Crippen LogP contribution in [-0.2, 0) is 0 Å². The summed E-state index contributed by atoms with van der Waals surface area (Å²) >= 11 is 6.19. The molecule has 2 aromatic heterocycles. The molecule has 1 aromatic carbocycles. The van der Waals surface area contributed by atoms with Crippen LogP contribution in [0.25, 0.3) is 22.9 Å². The minimum absolute atomic E-state index is 0.538. The summed E-state index contributed by atoms with van der Waals surface area (Å²) in [5.41, 5.74) is 0.877. The molecule has 0 amide bonds. The maximum absolute atomic E-state index is 6.19. The lowest BCUT2D eigenvalue weighted by Crippen LogP contribution is -1.91. The third-order valence-electron chi connectivity index (χ3n) is 2.94. The summed E-state index contributed by atoms with van der Waals surface area (Å²) in [6.45, 7) is 4.34. The van der Waals surface area contributed by atoms with E-state index >= 15 is 0 Å². The first kappa shape index (κ1) is 13.7. The highest BCUT2D eigenvalue weighted by molar-refractivity contribution is 6.32. The van der Waals surface area contributed by atoms with Crippen LogP contribution in [0.5, 0.6) is 5.75 Å². The van der Waals surface area contributed by atoms with Gasteiger partial charge in [-0.1, -0.05) is 11.6 Å². The van der Waals surface area contributed by atoms with Gasteiger partial charge in [0.15, 0.2) is 5.76 Å². The number of rotatable bonds is 4. The molecule has 0 aliphatic rings.